The number of para-hydroxylation sites is 1. The Balaban J connectivity index is 1.72. The summed E-state index contributed by atoms with van der Waals surface area (Å²) in [6, 6.07) is 17.9. The van der Waals surface area contributed by atoms with Crippen LogP contribution < -0.4 is 15.8 Å². The minimum atomic E-state index is -0.732. The number of nitrogens with one attached hydrogen (secondary N) is 1. The number of carbonyl (C=O) groups is 2. The molecule has 1 amide bonds. The molecule has 0 saturated carbocycles. The van der Waals surface area contributed by atoms with Crippen LogP contribution in [0, 0.1) is 0 Å². The average molecular weight is 410 g/mol. The first-order valence-corrected chi connectivity index (χ1v) is 9.66. The van der Waals surface area contributed by atoms with Gasteiger partial charge in [-0.25, -0.2) is 0 Å². The first-order valence-electron chi connectivity index (χ1n) is 9.29. The van der Waals surface area contributed by atoms with E-state index in [2.05, 4.69) is 5.32 Å². The van der Waals surface area contributed by atoms with Crippen LogP contribution in [0.4, 0.5) is 0 Å². The molecule has 1 aliphatic heterocycles. The molecule has 148 valence electrons. The number of carbonyl (C=O) groups excluding carboxylic acids is 2. The molecule has 2 aromatic carbocycles. The number of hydrogen-bond acceptors (Lipinski definition) is 4. The fourth-order valence-electron chi connectivity index (χ4n) is 3.69. The van der Waals surface area contributed by atoms with Gasteiger partial charge in [-0.05, 0) is 17.7 Å². The van der Waals surface area contributed by atoms with Crippen molar-refractivity contribution >= 4 is 23.3 Å². The molecular weight excluding hydrogens is 390 g/mol. The number of amides is 1. The van der Waals surface area contributed by atoms with Crippen LogP contribution in [-0.2, 0) is 11.3 Å². The second kappa shape index (κ2) is 8.11. The van der Waals surface area contributed by atoms with Gasteiger partial charge in [0.2, 0.25) is 0 Å². The molecule has 0 fully saturated rings. The molecule has 0 aliphatic carbocycles. The van der Waals surface area contributed by atoms with E-state index in [1.165, 1.54) is 0 Å². The molecule has 1 aliphatic rings. The molecule has 29 heavy (non-hydrogen) atoms. The second-order valence-corrected chi connectivity index (χ2v) is 7.14. The number of fused-ring (bicyclic) bond motifs is 1. The predicted molar refractivity (Wildman–Crippen MR) is 111 cm³/mol. The van der Waals surface area contributed by atoms with Gasteiger partial charge in [-0.3, -0.25) is 9.59 Å². The number of halogens is 1. The lowest BCUT2D eigenvalue weighted by atomic mass is 10.0. The van der Waals surface area contributed by atoms with E-state index in [0.717, 1.165) is 5.56 Å². The van der Waals surface area contributed by atoms with Crippen LogP contribution >= 0.6 is 11.6 Å². The van der Waals surface area contributed by atoms with Crippen molar-refractivity contribution in [2.45, 2.75) is 12.6 Å². The van der Waals surface area contributed by atoms with Crippen LogP contribution in [0.2, 0.25) is 5.02 Å². The van der Waals surface area contributed by atoms with E-state index in [1.807, 2.05) is 53.1 Å². The summed E-state index contributed by atoms with van der Waals surface area (Å²) in [6.07, 6.45) is 0. The van der Waals surface area contributed by atoms with Gasteiger partial charge >= 0.3 is 0 Å². The summed E-state index contributed by atoms with van der Waals surface area (Å²) in [6.45, 7) is 0.983. The molecule has 0 saturated heterocycles. The average Bonchev–Trinajstić information content (AvgIpc) is 3.05. The fraction of sp³-hybridized carbons (Fsp3) is 0.182. The number of aromatic nitrogens is 1. The normalized spacial score (nSPS) is 15.6. The molecule has 1 aromatic heterocycles. The quantitative estimate of drug-likeness (QED) is 0.654. The van der Waals surface area contributed by atoms with Crippen molar-refractivity contribution in [2.24, 2.45) is 5.73 Å². The minimum absolute atomic E-state index is 0.136. The number of nitrogens with zero attached hydrogens (tertiary/aromatic N) is 1. The van der Waals surface area contributed by atoms with Crippen molar-refractivity contribution in [3.8, 4) is 17.0 Å². The number of ketones is 1. The van der Waals surface area contributed by atoms with E-state index in [9.17, 15) is 9.59 Å². The third kappa shape index (κ3) is 3.64. The van der Waals surface area contributed by atoms with Crippen molar-refractivity contribution in [2.75, 3.05) is 13.2 Å². The van der Waals surface area contributed by atoms with Crippen molar-refractivity contribution in [1.29, 1.82) is 0 Å². The summed E-state index contributed by atoms with van der Waals surface area (Å²) in [5.74, 6) is -0.261. The van der Waals surface area contributed by atoms with E-state index >= 15 is 0 Å². The van der Waals surface area contributed by atoms with Gasteiger partial charge in [-0.2, -0.15) is 0 Å². The largest absolute Gasteiger partial charge is 0.486 e. The molecular formula is C22H20ClN3O3. The zero-order chi connectivity index (χ0) is 20.4. The Labute approximate surface area is 173 Å². The van der Waals surface area contributed by atoms with E-state index in [0.29, 0.717) is 30.2 Å². The molecule has 3 N–H and O–H groups in total. The monoisotopic (exact) mass is 409 g/mol. The Kier molecular flexibility index (Phi) is 5.38. The van der Waals surface area contributed by atoms with Gasteiger partial charge in [0.1, 0.15) is 18.4 Å². The zero-order valence-corrected chi connectivity index (χ0v) is 16.4. The molecule has 0 bridgehead atoms. The van der Waals surface area contributed by atoms with Gasteiger partial charge < -0.3 is 20.4 Å². The summed E-state index contributed by atoms with van der Waals surface area (Å²) in [4.78, 5) is 25.2. The summed E-state index contributed by atoms with van der Waals surface area (Å²) < 4.78 is 7.53. The lowest BCUT2D eigenvalue weighted by molar-refractivity contribution is -0.123. The minimum Gasteiger partial charge on any atom is -0.486 e. The summed E-state index contributed by atoms with van der Waals surface area (Å²) in [5.41, 5.74) is 7.88. The number of ether oxygens (including phenoxy) is 1. The number of Topliss-reactive ketones (excluding diaryl/α,β-unsaturated/α-hetero) is 1. The molecule has 0 spiro atoms. The lowest BCUT2D eigenvalue weighted by Crippen LogP contribution is -2.41. The summed E-state index contributed by atoms with van der Waals surface area (Å²) >= 11 is 6.60. The summed E-state index contributed by atoms with van der Waals surface area (Å²) in [7, 11) is 0. The van der Waals surface area contributed by atoms with Gasteiger partial charge in [0, 0.05) is 13.1 Å². The second-order valence-electron chi connectivity index (χ2n) is 6.76. The third-order valence-corrected chi connectivity index (χ3v) is 5.31. The molecule has 6 nitrogen and oxygen atoms in total. The predicted octanol–water partition coefficient (Wildman–Crippen LogP) is 3.20. The standard InChI is InChI=1S/C22H20ClN3O3/c23-18-17(22(24)28)21-19(16(27)13-29-15-9-5-2-6-10-15)25-11-12-26(21)20(18)14-7-3-1-4-8-14/h1-10,19,25H,11-13H2,(H2,24,28). The van der Waals surface area contributed by atoms with E-state index in [4.69, 9.17) is 22.1 Å². The molecule has 7 heteroatoms. The third-order valence-electron chi connectivity index (χ3n) is 4.94. The fourth-order valence-corrected chi connectivity index (χ4v) is 4.09. The number of nitrogens with two attached hydrogens (primary N) is 1. The lowest BCUT2D eigenvalue weighted by Gasteiger charge is -2.27. The highest BCUT2D eigenvalue weighted by Gasteiger charge is 2.36. The van der Waals surface area contributed by atoms with Gasteiger partial charge in [0.15, 0.2) is 5.78 Å². The zero-order valence-electron chi connectivity index (χ0n) is 15.6. The van der Waals surface area contributed by atoms with E-state index in [1.54, 1.807) is 12.1 Å². The molecule has 0 radical (unpaired) electrons. The van der Waals surface area contributed by atoms with Gasteiger partial charge in [0.05, 0.1) is 22.0 Å². The van der Waals surface area contributed by atoms with Gasteiger partial charge in [0.25, 0.3) is 5.91 Å². The van der Waals surface area contributed by atoms with Crippen molar-refractivity contribution in [3.05, 3.63) is 76.9 Å². The Morgan fingerprint density at radius 2 is 1.76 bits per heavy atom. The highest BCUT2D eigenvalue weighted by molar-refractivity contribution is 6.36. The highest BCUT2D eigenvalue weighted by atomic mass is 35.5. The number of hydrogen-bond donors (Lipinski definition) is 2. The van der Waals surface area contributed by atoms with Crippen LogP contribution in [0.25, 0.3) is 11.3 Å². The number of primary amides is 1. The Morgan fingerprint density at radius 1 is 1.10 bits per heavy atom. The maximum atomic E-state index is 13.0. The van der Waals surface area contributed by atoms with Gasteiger partial charge in [-0.15, -0.1) is 0 Å². The Morgan fingerprint density at radius 3 is 2.41 bits per heavy atom. The van der Waals surface area contributed by atoms with Crippen molar-refractivity contribution in [1.82, 2.24) is 9.88 Å². The van der Waals surface area contributed by atoms with Crippen LogP contribution in [0.5, 0.6) is 5.75 Å². The molecule has 1 atom stereocenters. The van der Waals surface area contributed by atoms with Crippen LogP contribution in [0.3, 0.4) is 0 Å². The maximum Gasteiger partial charge on any atom is 0.252 e. The first-order chi connectivity index (χ1) is 14.1. The van der Waals surface area contributed by atoms with Gasteiger partial charge in [-0.1, -0.05) is 60.1 Å². The van der Waals surface area contributed by atoms with Crippen molar-refractivity contribution < 1.29 is 14.3 Å². The van der Waals surface area contributed by atoms with E-state index in [-0.39, 0.29) is 23.0 Å². The van der Waals surface area contributed by atoms with Crippen LogP contribution in [0.1, 0.15) is 22.1 Å². The maximum absolute atomic E-state index is 13.0. The molecule has 4 rings (SSSR count). The number of rotatable bonds is 6. The smallest absolute Gasteiger partial charge is 0.252 e. The molecule has 1 unspecified atom stereocenters. The Bertz CT molecular complexity index is 1050. The number of benzene rings is 2. The molecule has 2 heterocycles. The van der Waals surface area contributed by atoms with Crippen molar-refractivity contribution in [3.63, 3.8) is 0 Å². The summed E-state index contributed by atoms with van der Waals surface area (Å²) in [5, 5.41) is 3.45. The Hall–Kier alpha value is -3.09. The SMILES string of the molecule is NC(=O)c1c(Cl)c(-c2ccccc2)n2c1C(C(=O)COc1ccccc1)NCC2. The van der Waals surface area contributed by atoms with Crippen LogP contribution in [-0.4, -0.2) is 29.4 Å². The van der Waals surface area contributed by atoms with E-state index < -0.39 is 11.9 Å². The topological polar surface area (TPSA) is 86.4 Å². The molecule has 3 aromatic rings. The van der Waals surface area contributed by atoms with Crippen LogP contribution in [0.15, 0.2) is 60.7 Å². The first kappa shape index (κ1) is 19.2. The highest BCUT2D eigenvalue weighted by Crippen LogP contribution is 2.39.